The predicted molar refractivity (Wildman–Crippen MR) is 37.0 cm³/mol. The van der Waals surface area contributed by atoms with E-state index in [0.29, 0.717) is 0 Å². The molecule has 1 aliphatic carbocycles. The smallest absolute Gasteiger partial charge is 0.216 e. The molecule has 0 saturated heterocycles. The molecule has 4 nitrogen and oxygen atoms in total. The standard InChI is InChI=1S/C5H11NO3S/c1-9-4-6-10(7,8)5-2-3-5/h5-6H,2-4H2,1H3. The van der Waals surface area contributed by atoms with Crippen molar-refractivity contribution in [2.24, 2.45) is 0 Å². The predicted octanol–water partition coefficient (Wildman–Crippen LogP) is -0.328. The van der Waals surface area contributed by atoms with E-state index < -0.39 is 10.0 Å². The fourth-order valence-corrected chi connectivity index (χ4v) is 1.91. The highest BCUT2D eigenvalue weighted by Crippen LogP contribution is 2.26. The molecule has 60 valence electrons. The average molecular weight is 165 g/mol. The highest BCUT2D eigenvalue weighted by Gasteiger charge is 2.35. The summed E-state index contributed by atoms with van der Waals surface area (Å²) in [5.41, 5.74) is 0. The van der Waals surface area contributed by atoms with Gasteiger partial charge in [-0.25, -0.2) is 8.42 Å². The van der Waals surface area contributed by atoms with Gasteiger partial charge in [-0.2, -0.15) is 4.72 Å². The first-order valence-electron chi connectivity index (χ1n) is 3.14. The third kappa shape index (κ3) is 1.93. The van der Waals surface area contributed by atoms with Crippen LogP contribution in [-0.4, -0.2) is 27.5 Å². The number of methoxy groups -OCH3 is 1. The van der Waals surface area contributed by atoms with E-state index in [2.05, 4.69) is 9.46 Å². The van der Waals surface area contributed by atoms with Gasteiger partial charge < -0.3 is 4.74 Å². The van der Waals surface area contributed by atoms with Gasteiger partial charge in [0.25, 0.3) is 0 Å². The van der Waals surface area contributed by atoms with Crippen molar-refractivity contribution < 1.29 is 13.2 Å². The van der Waals surface area contributed by atoms with Gasteiger partial charge in [-0.05, 0) is 12.8 Å². The molecule has 0 amide bonds. The van der Waals surface area contributed by atoms with Crippen molar-refractivity contribution in [1.29, 1.82) is 0 Å². The van der Waals surface area contributed by atoms with Gasteiger partial charge >= 0.3 is 0 Å². The van der Waals surface area contributed by atoms with Crippen LogP contribution in [0.15, 0.2) is 0 Å². The minimum Gasteiger partial charge on any atom is -0.369 e. The summed E-state index contributed by atoms with van der Waals surface area (Å²) >= 11 is 0. The number of hydrogen-bond acceptors (Lipinski definition) is 3. The number of nitrogens with one attached hydrogen (secondary N) is 1. The monoisotopic (exact) mass is 165 g/mol. The first-order valence-corrected chi connectivity index (χ1v) is 4.69. The Morgan fingerprint density at radius 1 is 1.60 bits per heavy atom. The molecular weight excluding hydrogens is 154 g/mol. The Bertz CT molecular complexity index is 195. The molecule has 0 aromatic rings. The minimum atomic E-state index is -3.02. The van der Waals surface area contributed by atoms with Crippen LogP contribution in [0.3, 0.4) is 0 Å². The summed E-state index contributed by atoms with van der Waals surface area (Å²) in [5, 5.41) is -0.150. The van der Waals surface area contributed by atoms with Crippen LogP contribution in [-0.2, 0) is 14.8 Å². The molecule has 0 aromatic carbocycles. The van der Waals surface area contributed by atoms with Crippen LogP contribution in [0.5, 0.6) is 0 Å². The summed E-state index contributed by atoms with van der Waals surface area (Å²) in [7, 11) is -1.57. The fraction of sp³-hybridized carbons (Fsp3) is 1.00. The lowest BCUT2D eigenvalue weighted by atomic mass is 11.0. The third-order valence-corrected chi connectivity index (χ3v) is 3.24. The Balaban J connectivity index is 2.36. The van der Waals surface area contributed by atoms with Gasteiger partial charge in [0.05, 0.1) is 5.25 Å². The van der Waals surface area contributed by atoms with Gasteiger partial charge in [-0.3, -0.25) is 0 Å². The first-order chi connectivity index (χ1) is 4.67. The van der Waals surface area contributed by atoms with Crippen LogP contribution in [0.2, 0.25) is 0 Å². The molecule has 5 heteroatoms. The van der Waals surface area contributed by atoms with Gasteiger partial charge in [0.2, 0.25) is 10.0 Å². The lowest BCUT2D eigenvalue weighted by Crippen LogP contribution is -2.28. The highest BCUT2D eigenvalue weighted by molar-refractivity contribution is 7.90. The molecule has 1 rings (SSSR count). The zero-order valence-corrected chi connectivity index (χ0v) is 6.65. The summed E-state index contributed by atoms with van der Waals surface area (Å²) in [6, 6.07) is 0. The van der Waals surface area contributed by atoms with Crippen LogP contribution in [0.25, 0.3) is 0 Å². The number of hydrogen-bond donors (Lipinski definition) is 1. The number of rotatable bonds is 4. The second kappa shape index (κ2) is 2.86. The van der Waals surface area contributed by atoms with E-state index in [1.165, 1.54) is 7.11 Å². The first kappa shape index (κ1) is 7.97. The lowest BCUT2D eigenvalue weighted by Gasteiger charge is -2.01. The van der Waals surface area contributed by atoms with Crippen LogP contribution in [0.4, 0.5) is 0 Å². The summed E-state index contributed by atoms with van der Waals surface area (Å²) in [4.78, 5) is 0. The van der Waals surface area contributed by atoms with Crippen LogP contribution in [0.1, 0.15) is 12.8 Å². The Morgan fingerprint density at radius 3 is 2.60 bits per heavy atom. The second-order valence-corrected chi connectivity index (χ2v) is 4.37. The van der Waals surface area contributed by atoms with Gasteiger partial charge in [0.15, 0.2) is 0 Å². The lowest BCUT2D eigenvalue weighted by molar-refractivity contribution is 0.194. The molecule has 0 radical (unpaired) electrons. The second-order valence-electron chi connectivity index (χ2n) is 2.32. The molecule has 1 aliphatic rings. The van der Waals surface area contributed by atoms with Crippen LogP contribution < -0.4 is 4.72 Å². The van der Waals surface area contributed by atoms with Crippen molar-refractivity contribution in [3.8, 4) is 0 Å². The van der Waals surface area contributed by atoms with Crippen molar-refractivity contribution >= 4 is 10.0 Å². The molecular formula is C5H11NO3S. The minimum absolute atomic E-state index is 0.0822. The molecule has 0 heterocycles. The van der Waals surface area contributed by atoms with Crippen molar-refractivity contribution in [1.82, 2.24) is 4.72 Å². The van der Waals surface area contributed by atoms with E-state index in [4.69, 9.17) is 0 Å². The molecule has 0 aromatic heterocycles. The van der Waals surface area contributed by atoms with E-state index in [9.17, 15) is 8.42 Å². The normalized spacial score (nSPS) is 19.3. The van der Waals surface area contributed by atoms with E-state index in [1.807, 2.05) is 0 Å². The SMILES string of the molecule is COCNS(=O)(=O)C1CC1. The van der Waals surface area contributed by atoms with Crippen LogP contribution in [0, 0.1) is 0 Å². The van der Waals surface area contributed by atoms with Gasteiger partial charge in [-0.1, -0.05) is 0 Å². The maximum atomic E-state index is 11.0. The molecule has 0 unspecified atom stereocenters. The maximum Gasteiger partial charge on any atom is 0.216 e. The van der Waals surface area contributed by atoms with E-state index >= 15 is 0 Å². The van der Waals surface area contributed by atoms with Crippen molar-refractivity contribution in [2.45, 2.75) is 18.1 Å². The quantitative estimate of drug-likeness (QED) is 0.580. The molecule has 10 heavy (non-hydrogen) atoms. The molecule has 1 N–H and O–H groups in total. The third-order valence-electron chi connectivity index (χ3n) is 1.37. The van der Waals surface area contributed by atoms with E-state index in [-0.39, 0.29) is 12.0 Å². The molecule has 0 bridgehead atoms. The van der Waals surface area contributed by atoms with Crippen molar-refractivity contribution in [2.75, 3.05) is 13.8 Å². The summed E-state index contributed by atoms with van der Waals surface area (Å²) in [6.45, 7) is 0.0822. The molecule has 0 aliphatic heterocycles. The van der Waals surface area contributed by atoms with Gasteiger partial charge in [0, 0.05) is 7.11 Å². The zero-order chi connectivity index (χ0) is 7.61. The maximum absolute atomic E-state index is 11.0. The van der Waals surface area contributed by atoms with Crippen molar-refractivity contribution in [3.63, 3.8) is 0 Å². The topological polar surface area (TPSA) is 55.4 Å². The van der Waals surface area contributed by atoms with Crippen LogP contribution >= 0.6 is 0 Å². The molecule has 1 fully saturated rings. The van der Waals surface area contributed by atoms with Gasteiger partial charge in [0.1, 0.15) is 6.73 Å². The molecule has 1 saturated carbocycles. The number of sulfonamides is 1. The molecule has 0 atom stereocenters. The Hall–Kier alpha value is -0.130. The largest absolute Gasteiger partial charge is 0.369 e. The summed E-state index contributed by atoms with van der Waals surface area (Å²) < 4.78 is 28.8. The summed E-state index contributed by atoms with van der Waals surface area (Å²) in [6.07, 6.45) is 1.58. The average Bonchev–Trinajstić information content (AvgIpc) is 2.64. The Labute approximate surface area is 60.6 Å². The zero-order valence-electron chi connectivity index (χ0n) is 5.83. The Kier molecular flexibility index (Phi) is 2.28. The number of ether oxygens (including phenoxy) is 1. The fourth-order valence-electron chi connectivity index (χ4n) is 0.637. The highest BCUT2D eigenvalue weighted by atomic mass is 32.2. The van der Waals surface area contributed by atoms with E-state index in [1.54, 1.807) is 0 Å². The van der Waals surface area contributed by atoms with Gasteiger partial charge in [-0.15, -0.1) is 0 Å². The van der Waals surface area contributed by atoms with Crippen molar-refractivity contribution in [3.05, 3.63) is 0 Å². The molecule has 0 spiro atoms. The summed E-state index contributed by atoms with van der Waals surface area (Å²) in [5.74, 6) is 0. The Morgan fingerprint density at radius 2 is 2.20 bits per heavy atom. The van der Waals surface area contributed by atoms with E-state index in [0.717, 1.165) is 12.8 Å².